The van der Waals surface area contributed by atoms with Gasteiger partial charge in [-0.15, -0.1) is 0 Å². The molecule has 7 nitrogen and oxygen atoms in total. The van der Waals surface area contributed by atoms with E-state index < -0.39 is 10.0 Å². The number of likely N-dealkylation sites (N-methyl/N-ethyl adjacent to an activating group) is 1. The molecule has 0 saturated carbocycles. The Morgan fingerprint density at radius 3 is 2.46 bits per heavy atom. The first-order valence-electron chi connectivity index (χ1n) is 7.97. The molecular formula is C18H23N3O4S. The number of hydrogen-bond acceptors (Lipinski definition) is 5. The van der Waals surface area contributed by atoms with E-state index in [2.05, 4.69) is 5.32 Å². The largest absolute Gasteiger partial charge is 0.497 e. The Labute approximate surface area is 153 Å². The average molecular weight is 377 g/mol. The summed E-state index contributed by atoms with van der Waals surface area (Å²) in [6, 6.07) is 13.0. The standard InChI is InChI=1S/C18H23N3O4S/c1-13(21(2)12-14-5-4-6-16(11-14)25-3)18(22)20-15-7-9-17(10-8-15)26(19,23)24/h4-11,13H,12H2,1-3H3,(H,20,22)(H2,19,23,24)/t13-/m1/s1. The lowest BCUT2D eigenvalue weighted by Crippen LogP contribution is -2.39. The molecule has 0 heterocycles. The van der Waals surface area contributed by atoms with Crippen molar-refractivity contribution < 1.29 is 17.9 Å². The van der Waals surface area contributed by atoms with Crippen molar-refractivity contribution in [2.45, 2.75) is 24.4 Å². The van der Waals surface area contributed by atoms with Crippen LogP contribution < -0.4 is 15.2 Å². The minimum Gasteiger partial charge on any atom is -0.497 e. The Kier molecular flexibility index (Phi) is 6.36. The molecule has 140 valence electrons. The van der Waals surface area contributed by atoms with Gasteiger partial charge in [0.15, 0.2) is 0 Å². The highest BCUT2D eigenvalue weighted by Gasteiger charge is 2.18. The molecule has 0 saturated heterocycles. The summed E-state index contributed by atoms with van der Waals surface area (Å²) in [5.41, 5.74) is 1.54. The van der Waals surface area contributed by atoms with Gasteiger partial charge < -0.3 is 10.1 Å². The minimum atomic E-state index is -3.75. The summed E-state index contributed by atoms with van der Waals surface area (Å²) in [5.74, 6) is 0.571. The third-order valence-electron chi connectivity index (χ3n) is 4.06. The van der Waals surface area contributed by atoms with Gasteiger partial charge in [0.05, 0.1) is 18.0 Å². The molecule has 2 rings (SSSR count). The second kappa shape index (κ2) is 8.31. The number of nitrogens with zero attached hydrogens (tertiary/aromatic N) is 1. The van der Waals surface area contributed by atoms with E-state index in [0.29, 0.717) is 12.2 Å². The second-order valence-corrected chi connectivity index (χ2v) is 7.56. The normalized spacial score (nSPS) is 12.7. The highest BCUT2D eigenvalue weighted by atomic mass is 32.2. The van der Waals surface area contributed by atoms with Crippen LogP contribution in [0.4, 0.5) is 5.69 Å². The van der Waals surface area contributed by atoms with Crippen LogP contribution in [0, 0.1) is 0 Å². The number of ether oxygens (including phenoxy) is 1. The molecule has 26 heavy (non-hydrogen) atoms. The van der Waals surface area contributed by atoms with E-state index in [9.17, 15) is 13.2 Å². The molecule has 0 aliphatic carbocycles. The molecule has 8 heteroatoms. The number of carbonyl (C=O) groups excluding carboxylic acids is 1. The van der Waals surface area contributed by atoms with Crippen molar-refractivity contribution in [3.05, 3.63) is 54.1 Å². The lowest BCUT2D eigenvalue weighted by molar-refractivity contribution is -0.120. The molecule has 2 aromatic carbocycles. The van der Waals surface area contributed by atoms with Gasteiger partial charge >= 0.3 is 0 Å². The van der Waals surface area contributed by atoms with Crippen LogP contribution in [0.5, 0.6) is 5.75 Å². The van der Waals surface area contributed by atoms with Gasteiger partial charge in [-0.3, -0.25) is 9.69 Å². The number of hydrogen-bond donors (Lipinski definition) is 2. The summed E-state index contributed by atoms with van der Waals surface area (Å²) in [6.45, 7) is 2.38. The summed E-state index contributed by atoms with van der Waals surface area (Å²) in [7, 11) is -0.283. The van der Waals surface area contributed by atoms with Gasteiger partial charge in [-0.25, -0.2) is 13.6 Å². The van der Waals surface area contributed by atoms with Crippen LogP contribution in [-0.2, 0) is 21.4 Å². The summed E-state index contributed by atoms with van der Waals surface area (Å²) < 4.78 is 27.7. The Morgan fingerprint density at radius 2 is 1.88 bits per heavy atom. The zero-order chi connectivity index (χ0) is 19.3. The summed E-state index contributed by atoms with van der Waals surface area (Å²) >= 11 is 0. The quantitative estimate of drug-likeness (QED) is 0.766. The van der Waals surface area contributed by atoms with Gasteiger partial charge in [0.25, 0.3) is 0 Å². The minimum absolute atomic E-state index is 0.00121. The first-order chi connectivity index (χ1) is 12.2. The topological polar surface area (TPSA) is 102 Å². The third kappa shape index (κ3) is 5.29. The summed E-state index contributed by atoms with van der Waals surface area (Å²) in [4.78, 5) is 14.3. The van der Waals surface area contributed by atoms with Crippen LogP contribution in [0.3, 0.4) is 0 Å². The van der Waals surface area contributed by atoms with Crippen LogP contribution in [0.1, 0.15) is 12.5 Å². The Bertz CT molecular complexity index is 866. The molecule has 3 N–H and O–H groups in total. The molecule has 0 aliphatic rings. The van der Waals surface area contributed by atoms with Gasteiger partial charge in [0, 0.05) is 12.2 Å². The number of amides is 1. The molecule has 0 aromatic heterocycles. The van der Waals surface area contributed by atoms with Crippen LogP contribution in [0.15, 0.2) is 53.4 Å². The van der Waals surface area contributed by atoms with E-state index in [0.717, 1.165) is 11.3 Å². The van der Waals surface area contributed by atoms with E-state index >= 15 is 0 Å². The van der Waals surface area contributed by atoms with E-state index in [4.69, 9.17) is 9.88 Å². The lowest BCUT2D eigenvalue weighted by atomic mass is 10.1. The Morgan fingerprint density at radius 1 is 1.23 bits per heavy atom. The number of primary sulfonamides is 1. The lowest BCUT2D eigenvalue weighted by Gasteiger charge is -2.24. The number of nitrogens with one attached hydrogen (secondary N) is 1. The highest BCUT2D eigenvalue weighted by molar-refractivity contribution is 7.89. The number of carbonyl (C=O) groups is 1. The average Bonchev–Trinajstić information content (AvgIpc) is 2.60. The zero-order valence-corrected chi connectivity index (χ0v) is 15.8. The van der Waals surface area contributed by atoms with E-state index in [1.54, 1.807) is 14.0 Å². The number of sulfonamides is 1. The van der Waals surface area contributed by atoms with Crippen LogP contribution in [0.25, 0.3) is 0 Å². The SMILES string of the molecule is COc1cccc(CN(C)[C@H](C)C(=O)Nc2ccc(S(N)(=O)=O)cc2)c1. The predicted octanol–water partition coefficient (Wildman–Crippen LogP) is 1.80. The molecule has 0 aliphatic heterocycles. The van der Waals surface area contributed by atoms with Crippen molar-refractivity contribution in [1.29, 1.82) is 0 Å². The van der Waals surface area contributed by atoms with E-state index in [1.165, 1.54) is 24.3 Å². The van der Waals surface area contributed by atoms with Gasteiger partial charge in [0.1, 0.15) is 5.75 Å². The fourth-order valence-electron chi connectivity index (χ4n) is 2.37. The van der Waals surface area contributed by atoms with Crippen molar-refractivity contribution in [2.24, 2.45) is 5.14 Å². The third-order valence-corrected chi connectivity index (χ3v) is 4.99. The molecule has 1 amide bonds. The zero-order valence-electron chi connectivity index (χ0n) is 15.0. The van der Waals surface area contributed by atoms with E-state index in [1.807, 2.05) is 36.2 Å². The molecule has 0 radical (unpaired) electrons. The van der Waals surface area contributed by atoms with Gasteiger partial charge in [-0.05, 0) is 55.9 Å². The maximum Gasteiger partial charge on any atom is 0.241 e. The van der Waals surface area contributed by atoms with Crippen molar-refractivity contribution in [3.63, 3.8) is 0 Å². The van der Waals surface area contributed by atoms with Crippen molar-refractivity contribution in [1.82, 2.24) is 4.90 Å². The van der Waals surface area contributed by atoms with Gasteiger partial charge in [0.2, 0.25) is 15.9 Å². The monoisotopic (exact) mass is 377 g/mol. The first kappa shape index (κ1) is 19.9. The van der Waals surface area contributed by atoms with Crippen molar-refractivity contribution >= 4 is 21.6 Å². The van der Waals surface area contributed by atoms with Gasteiger partial charge in [-0.1, -0.05) is 12.1 Å². The maximum absolute atomic E-state index is 12.4. The molecule has 0 unspecified atom stereocenters. The second-order valence-electron chi connectivity index (χ2n) is 6.00. The van der Waals surface area contributed by atoms with Crippen molar-refractivity contribution in [2.75, 3.05) is 19.5 Å². The molecule has 1 atom stereocenters. The number of anilines is 1. The Balaban J connectivity index is 1.99. The molecule has 0 spiro atoms. The summed E-state index contributed by atoms with van der Waals surface area (Å²) in [5, 5.41) is 7.83. The number of rotatable bonds is 7. The van der Waals surface area contributed by atoms with Crippen LogP contribution in [0.2, 0.25) is 0 Å². The van der Waals surface area contributed by atoms with Gasteiger partial charge in [-0.2, -0.15) is 0 Å². The Hall–Kier alpha value is -2.42. The fourth-order valence-corrected chi connectivity index (χ4v) is 2.89. The van der Waals surface area contributed by atoms with Crippen LogP contribution >= 0.6 is 0 Å². The fraction of sp³-hybridized carbons (Fsp3) is 0.278. The number of methoxy groups -OCH3 is 1. The first-order valence-corrected chi connectivity index (χ1v) is 9.52. The molecular weight excluding hydrogens is 354 g/mol. The highest BCUT2D eigenvalue weighted by Crippen LogP contribution is 2.16. The van der Waals surface area contributed by atoms with E-state index in [-0.39, 0.29) is 16.8 Å². The predicted molar refractivity (Wildman–Crippen MR) is 100 cm³/mol. The number of nitrogens with two attached hydrogens (primary N) is 1. The number of benzene rings is 2. The van der Waals surface area contributed by atoms with Crippen molar-refractivity contribution in [3.8, 4) is 5.75 Å². The molecule has 0 fully saturated rings. The van der Waals surface area contributed by atoms with Crippen LogP contribution in [-0.4, -0.2) is 39.4 Å². The molecule has 0 bridgehead atoms. The maximum atomic E-state index is 12.4. The summed E-state index contributed by atoms with van der Waals surface area (Å²) in [6.07, 6.45) is 0. The molecule has 2 aromatic rings. The smallest absolute Gasteiger partial charge is 0.241 e.